The molecular formula is C16H17N3O. The van der Waals surface area contributed by atoms with Crippen molar-refractivity contribution in [1.82, 2.24) is 4.98 Å². The smallest absolute Gasteiger partial charge is 0.130 e. The highest BCUT2D eigenvalue weighted by atomic mass is 16.5. The van der Waals surface area contributed by atoms with Gasteiger partial charge in [-0.25, -0.2) is 4.98 Å². The van der Waals surface area contributed by atoms with E-state index < -0.39 is 0 Å². The summed E-state index contributed by atoms with van der Waals surface area (Å²) in [7, 11) is 0. The molecule has 4 nitrogen and oxygen atoms in total. The number of rotatable bonds is 1. The lowest BCUT2D eigenvalue weighted by atomic mass is 10.1. The van der Waals surface area contributed by atoms with Crippen LogP contribution in [-0.4, -0.2) is 30.8 Å². The molecule has 0 N–H and O–H groups in total. The third-order valence-corrected chi connectivity index (χ3v) is 3.60. The highest BCUT2D eigenvalue weighted by Crippen LogP contribution is 2.23. The van der Waals surface area contributed by atoms with E-state index in [1.54, 1.807) is 0 Å². The average Bonchev–Trinajstić information content (AvgIpc) is 2.70. The minimum atomic E-state index is 0.191. The van der Waals surface area contributed by atoms with Crippen LogP contribution in [0.15, 0.2) is 30.3 Å². The van der Waals surface area contributed by atoms with Gasteiger partial charge in [0.2, 0.25) is 0 Å². The van der Waals surface area contributed by atoms with E-state index in [1.807, 2.05) is 30.3 Å². The summed E-state index contributed by atoms with van der Waals surface area (Å²) in [5.41, 5.74) is 1.56. The normalized spacial score (nSPS) is 19.6. The molecule has 1 aliphatic heterocycles. The number of anilines is 1. The van der Waals surface area contributed by atoms with Gasteiger partial charge in [-0.3, -0.25) is 0 Å². The molecule has 1 aliphatic rings. The quantitative estimate of drug-likeness (QED) is 0.797. The van der Waals surface area contributed by atoms with E-state index in [0.29, 0.717) is 5.56 Å². The second-order valence-electron chi connectivity index (χ2n) is 5.14. The molecule has 2 heterocycles. The average molecular weight is 267 g/mol. The van der Waals surface area contributed by atoms with Crippen LogP contribution in [-0.2, 0) is 4.74 Å². The maximum Gasteiger partial charge on any atom is 0.130 e. The SMILES string of the molecule is CC1CN(c2cc(C#N)c3ccccc3n2)CCCO1. The first-order valence-corrected chi connectivity index (χ1v) is 6.94. The molecule has 3 rings (SSSR count). The third kappa shape index (κ3) is 2.45. The largest absolute Gasteiger partial charge is 0.377 e. The number of para-hydroxylation sites is 1. The van der Waals surface area contributed by atoms with Crippen molar-refractivity contribution < 1.29 is 4.74 Å². The summed E-state index contributed by atoms with van der Waals surface area (Å²) in [5.74, 6) is 0.873. The molecular weight excluding hydrogens is 250 g/mol. The van der Waals surface area contributed by atoms with E-state index in [1.165, 1.54) is 0 Å². The lowest BCUT2D eigenvalue weighted by Gasteiger charge is -2.23. The molecule has 20 heavy (non-hydrogen) atoms. The first-order chi connectivity index (χ1) is 9.78. The molecule has 0 saturated carbocycles. The van der Waals surface area contributed by atoms with Crippen LogP contribution in [0, 0.1) is 11.3 Å². The molecule has 0 aliphatic carbocycles. The van der Waals surface area contributed by atoms with Crippen LogP contribution in [0.1, 0.15) is 18.9 Å². The number of fused-ring (bicyclic) bond motifs is 1. The van der Waals surface area contributed by atoms with Gasteiger partial charge in [-0.05, 0) is 25.5 Å². The maximum absolute atomic E-state index is 9.34. The van der Waals surface area contributed by atoms with E-state index in [9.17, 15) is 5.26 Å². The van der Waals surface area contributed by atoms with Crippen molar-refractivity contribution in [1.29, 1.82) is 5.26 Å². The molecule has 1 atom stereocenters. The first kappa shape index (κ1) is 12.9. The molecule has 1 unspecified atom stereocenters. The number of nitriles is 1. The van der Waals surface area contributed by atoms with Crippen molar-refractivity contribution in [3.05, 3.63) is 35.9 Å². The monoisotopic (exact) mass is 267 g/mol. The molecule has 0 spiro atoms. The van der Waals surface area contributed by atoms with E-state index in [4.69, 9.17) is 9.72 Å². The number of nitrogens with zero attached hydrogens (tertiary/aromatic N) is 3. The van der Waals surface area contributed by atoms with Crippen LogP contribution >= 0.6 is 0 Å². The van der Waals surface area contributed by atoms with Gasteiger partial charge in [-0.2, -0.15) is 5.26 Å². The van der Waals surface area contributed by atoms with E-state index in [-0.39, 0.29) is 6.10 Å². The summed E-state index contributed by atoms with van der Waals surface area (Å²) in [5, 5.41) is 10.3. The van der Waals surface area contributed by atoms with Crippen LogP contribution in [0.25, 0.3) is 10.9 Å². The Morgan fingerprint density at radius 1 is 1.40 bits per heavy atom. The molecule has 4 heteroatoms. The van der Waals surface area contributed by atoms with Gasteiger partial charge < -0.3 is 9.64 Å². The second kappa shape index (κ2) is 5.48. The Morgan fingerprint density at radius 3 is 3.10 bits per heavy atom. The van der Waals surface area contributed by atoms with Gasteiger partial charge in [0.1, 0.15) is 5.82 Å². The molecule has 1 aromatic heterocycles. The molecule has 1 aromatic carbocycles. The molecule has 1 fully saturated rings. The lowest BCUT2D eigenvalue weighted by molar-refractivity contribution is 0.0820. The van der Waals surface area contributed by atoms with Crippen molar-refractivity contribution in [2.45, 2.75) is 19.4 Å². The summed E-state index contributed by atoms with van der Waals surface area (Å²) in [6.45, 7) is 4.59. The Kier molecular flexibility index (Phi) is 3.53. The maximum atomic E-state index is 9.34. The van der Waals surface area contributed by atoms with Crippen LogP contribution in [0.2, 0.25) is 0 Å². The molecule has 0 radical (unpaired) electrons. The summed E-state index contributed by atoms with van der Waals surface area (Å²) in [6.07, 6.45) is 1.18. The standard InChI is InChI=1S/C16H17N3O/c1-12-11-19(7-4-8-20-12)16-9-13(10-17)14-5-2-3-6-15(14)18-16/h2-3,5-6,9,12H,4,7-8,11H2,1H3. The zero-order chi connectivity index (χ0) is 13.9. The number of ether oxygens (including phenoxy) is 1. The van der Waals surface area contributed by atoms with Gasteiger partial charge in [0.15, 0.2) is 0 Å². The van der Waals surface area contributed by atoms with Crippen molar-refractivity contribution >= 4 is 16.7 Å². The van der Waals surface area contributed by atoms with E-state index >= 15 is 0 Å². The molecule has 0 bridgehead atoms. The predicted molar refractivity (Wildman–Crippen MR) is 78.7 cm³/mol. The zero-order valence-corrected chi connectivity index (χ0v) is 11.5. The highest BCUT2D eigenvalue weighted by molar-refractivity contribution is 5.86. The van der Waals surface area contributed by atoms with Crippen LogP contribution < -0.4 is 4.90 Å². The number of pyridine rings is 1. The van der Waals surface area contributed by atoms with Gasteiger partial charge in [0.05, 0.1) is 23.3 Å². The van der Waals surface area contributed by atoms with Crippen molar-refractivity contribution in [3.8, 4) is 6.07 Å². The topological polar surface area (TPSA) is 49.2 Å². The Balaban J connectivity index is 2.05. The Bertz CT molecular complexity index is 662. The second-order valence-corrected chi connectivity index (χ2v) is 5.14. The molecule has 102 valence electrons. The van der Waals surface area contributed by atoms with Gasteiger partial charge >= 0.3 is 0 Å². The fourth-order valence-corrected chi connectivity index (χ4v) is 2.62. The fourth-order valence-electron chi connectivity index (χ4n) is 2.62. The minimum Gasteiger partial charge on any atom is -0.377 e. The summed E-state index contributed by atoms with van der Waals surface area (Å²) in [6, 6.07) is 12.0. The molecule has 1 saturated heterocycles. The zero-order valence-electron chi connectivity index (χ0n) is 11.5. The first-order valence-electron chi connectivity index (χ1n) is 6.94. The summed E-state index contributed by atoms with van der Waals surface area (Å²) < 4.78 is 5.66. The van der Waals surface area contributed by atoms with E-state index in [0.717, 1.165) is 42.8 Å². The summed E-state index contributed by atoms with van der Waals surface area (Å²) in [4.78, 5) is 6.92. The van der Waals surface area contributed by atoms with Gasteiger partial charge in [0.25, 0.3) is 0 Å². The summed E-state index contributed by atoms with van der Waals surface area (Å²) >= 11 is 0. The van der Waals surface area contributed by atoms with Gasteiger partial charge in [-0.15, -0.1) is 0 Å². The van der Waals surface area contributed by atoms with Crippen LogP contribution in [0.3, 0.4) is 0 Å². The van der Waals surface area contributed by atoms with Gasteiger partial charge in [-0.1, -0.05) is 18.2 Å². The predicted octanol–water partition coefficient (Wildman–Crippen LogP) is 2.72. The van der Waals surface area contributed by atoms with E-state index in [2.05, 4.69) is 17.9 Å². The van der Waals surface area contributed by atoms with Crippen molar-refractivity contribution in [2.75, 3.05) is 24.6 Å². The van der Waals surface area contributed by atoms with Gasteiger partial charge in [0, 0.05) is 25.1 Å². The number of hydrogen-bond acceptors (Lipinski definition) is 4. The number of benzene rings is 1. The Hall–Kier alpha value is -2.12. The number of aromatic nitrogens is 1. The van der Waals surface area contributed by atoms with Crippen molar-refractivity contribution in [2.24, 2.45) is 0 Å². The Labute approximate surface area is 118 Å². The lowest BCUT2D eigenvalue weighted by Crippen LogP contribution is -2.30. The molecule has 2 aromatic rings. The fraction of sp³-hybridized carbons (Fsp3) is 0.375. The van der Waals surface area contributed by atoms with Crippen molar-refractivity contribution in [3.63, 3.8) is 0 Å². The van der Waals surface area contributed by atoms with Crippen LogP contribution in [0.5, 0.6) is 0 Å². The van der Waals surface area contributed by atoms with Crippen LogP contribution in [0.4, 0.5) is 5.82 Å². The minimum absolute atomic E-state index is 0.191. The number of hydrogen-bond donors (Lipinski definition) is 0. The third-order valence-electron chi connectivity index (χ3n) is 3.60. The molecule has 0 amide bonds. The highest BCUT2D eigenvalue weighted by Gasteiger charge is 2.17. The Morgan fingerprint density at radius 2 is 2.25 bits per heavy atom.